The lowest BCUT2D eigenvalue weighted by Gasteiger charge is -2.36. The zero-order valence-corrected chi connectivity index (χ0v) is 13.8. The van der Waals surface area contributed by atoms with Gasteiger partial charge in [0, 0.05) is 13.2 Å². The van der Waals surface area contributed by atoms with Gasteiger partial charge in [-0.2, -0.15) is 0 Å². The topological polar surface area (TPSA) is 30.5 Å². The predicted octanol–water partition coefficient (Wildman–Crippen LogP) is 3.56. The van der Waals surface area contributed by atoms with Crippen molar-refractivity contribution in [1.82, 2.24) is 5.32 Å². The van der Waals surface area contributed by atoms with E-state index in [4.69, 9.17) is 9.47 Å². The van der Waals surface area contributed by atoms with Gasteiger partial charge < -0.3 is 14.8 Å². The van der Waals surface area contributed by atoms with Crippen molar-refractivity contribution < 1.29 is 13.9 Å². The minimum atomic E-state index is -0.320. The van der Waals surface area contributed by atoms with Gasteiger partial charge in [0.1, 0.15) is 0 Å². The zero-order chi connectivity index (χ0) is 15.9. The minimum Gasteiger partial charge on any atom is -0.494 e. The van der Waals surface area contributed by atoms with Crippen LogP contribution in [0.15, 0.2) is 18.2 Å². The summed E-state index contributed by atoms with van der Waals surface area (Å²) < 4.78 is 24.5. The summed E-state index contributed by atoms with van der Waals surface area (Å²) in [7, 11) is 3.21. The molecule has 1 N–H and O–H groups in total. The highest BCUT2D eigenvalue weighted by Gasteiger charge is 2.32. The van der Waals surface area contributed by atoms with Gasteiger partial charge in [0.25, 0.3) is 0 Å². The summed E-state index contributed by atoms with van der Waals surface area (Å²) >= 11 is 0. The first-order chi connectivity index (χ1) is 10.0. The van der Waals surface area contributed by atoms with Gasteiger partial charge in [-0.05, 0) is 50.4 Å². The maximum Gasteiger partial charge on any atom is 0.165 e. The smallest absolute Gasteiger partial charge is 0.165 e. The fourth-order valence-corrected chi connectivity index (χ4v) is 2.43. The van der Waals surface area contributed by atoms with Crippen LogP contribution in [0.25, 0.3) is 0 Å². The van der Waals surface area contributed by atoms with E-state index < -0.39 is 0 Å². The van der Waals surface area contributed by atoms with Crippen LogP contribution >= 0.6 is 0 Å². The van der Waals surface area contributed by atoms with Gasteiger partial charge in [-0.15, -0.1) is 0 Å². The third kappa shape index (κ3) is 4.68. The van der Waals surface area contributed by atoms with Crippen molar-refractivity contribution in [2.45, 2.75) is 51.7 Å². The molecule has 1 rings (SSSR count). The molecule has 0 heterocycles. The molecule has 0 bridgehead atoms. The molecule has 21 heavy (non-hydrogen) atoms. The molecule has 0 radical (unpaired) electrons. The van der Waals surface area contributed by atoms with E-state index in [1.165, 1.54) is 7.11 Å². The van der Waals surface area contributed by atoms with Gasteiger partial charge in [-0.1, -0.05) is 19.9 Å². The average molecular weight is 297 g/mol. The molecule has 0 aliphatic heterocycles. The number of hydrogen-bond acceptors (Lipinski definition) is 3. The SMILES string of the molecule is CCCNC(Cc1ccc(OC)c(F)c1)C(C)(CC)OC. The fraction of sp³-hybridized carbons (Fsp3) is 0.647. The highest BCUT2D eigenvalue weighted by molar-refractivity contribution is 5.30. The first-order valence-corrected chi connectivity index (χ1v) is 7.61. The number of ether oxygens (including phenoxy) is 2. The standard InChI is InChI=1S/C17H28FNO2/c1-6-10-19-16(17(3,7-2)21-5)12-13-8-9-15(20-4)14(18)11-13/h8-9,11,16,19H,6-7,10,12H2,1-5H3. The first-order valence-electron chi connectivity index (χ1n) is 7.61. The van der Waals surface area contributed by atoms with E-state index in [1.807, 2.05) is 6.07 Å². The van der Waals surface area contributed by atoms with E-state index >= 15 is 0 Å². The molecule has 2 unspecified atom stereocenters. The van der Waals surface area contributed by atoms with Gasteiger partial charge in [0.2, 0.25) is 0 Å². The Labute approximate surface area is 127 Å². The Kier molecular flexibility index (Phi) is 7.12. The molecule has 0 aliphatic carbocycles. The largest absolute Gasteiger partial charge is 0.494 e. The summed E-state index contributed by atoms with van der Waals surface area (Å²) in [6.07, 6.45) is 2.67. The number of rotatable bonds is 9. The second kappa shape index (κ2) is 8.35. The van der Waals surface area contributed by atoms with Crippen LogP contribution in [0.2, 0.25) is 0 Å². The molecule has 120 valence electrons. The molecule has 2 atom stereocenters. The van der Waals surface area contributed by atoms with Gasteiger partial charge in [0.05, 0.1) is 12.7 Å². The Bertz CT molecular complexity index is 433. The second-order valence-electron chi connectivity index (χ2n) is 5.55. The predicted molar refractivity (Wildman–Crippen MR) is 84.4 cm³/mol. The Morgan fingerprint density at radius 2 is 2.00 bits per heavy atom. The zero-order valence-electron chi connectivity index (χ0n) is 13.8. The third-order valence-electron chi connectivity index (χ3n) is 4.20. The first kappa shape index (κ1) is 17.9. The fourth-order valence-electron chi connectivity index (χ4n) is 2.43. The van der Waals surface area contributed by atoms with Gasteiger partial charge >= 0.3 is 0 Å². The van der Waals surface area contributed by atoms with Gasteiger partial charge in [-0.3, -0.25) is 0 Å². The van der Waals surface area contributed by atoms with Crippen molar-refractivity contribution in [3.63, 3.8) is 0 Å². The van der Waals surface area contributed by atoms with Crippen LogP contribution in [0, 0.1) is 5.82 Å². The molecule has 4 heteroatoms. The monoisotopic (exact) mass is 297 g/mol. The van der Waals surface area contributed by atoms with Crippen LogP contribution in [0.1, 0.15) is 39.2 Å². The highest BCUT2D eigenvalue weighted by Crippen LogP contribution is 2.24. The summed E-state index contributed by atoms with van der Waals surface area (Å²) in [4.78, 5) is 0. The van der Waals surface area contributed by atoms with Crippen LogP contribution in [0.3, 0.4) is 0 Å². The minimum absolute atomic E-state index is 0.139. The van der Waals surface area contributed by atoms with Crippen LogP contribution in [0.4, 0.5) is 4.39 Å². The summed E-state index contributed by atoms with van der Waals surface area (Å²) in [5, 5.41) is 3.53. The van der Waals surface area contributed by atoms with Crippen LogP contribution in [-0.4, -0.2) is 32.4 Å². The molecule has 0 fully saturated rings. The Morgan fingerprint density at radius 3 is 2.48 bits per heavy atom. The molecule has 1 aromatic rings. The number of benzene rings is 1. The maximum absolute atomic E-state index is 13.8. The number of nitrogens with one attached hydrogen (secondary N) is 1. The molecule has 0 aromatic heterocycles. The molecule has 3 nitrogen and oxygen atoms in total. The maximum atomic E-state index is 13.8. The van der Waals surface area contributed by atoms with Crippen molar-refractivity contribution in [3.8, 4) is 5.75 Å². The van der Waals surface area contributed by atoms with Crippen molar-refractivity contribution in [1.29, 1.82) is 0 Å². The lowest BCUT2D eigenvalue weighted by molar-refractivity contribution is -0.0287. The number of halogens is 1. The summed E-state index contributed by atoms with van der Waals surface area (Å²) in [5.74, 6) is -0.0401. The van der Waals surface area contributed by atoms with Gasteiger partial charge in [-0.25, -0.2) is 4.39 Å². The highest BCUT2D eigenvalue weighted by atomic mass is 19.1. The molecule has 0 amide bonds. The Balaban J connectivity index is 2.92. The van der Waals surface area contributed by atoms with Crippen molar-refractivity contribution in [2.24, 2.45) is 0 Å². The summed E-state index contributed by atoms with van der Waals surface area (Å²) in [6.45, 7) is 7.26. The number of methoxy groups -OCH3 is 2. The van der Waals surface area contributed by atoms with E-state index in [9.17, 15) is 4.39 Å². The average Bonchev–Trinajstić information content (AvgIpc) is 2.50. The van der Waals surface area contributed by atoms with Gasteiger partial charge in [0.15, 0.2) is 11.6 Å². The lowest BCUT2D eigenvalue weighted by atomic mass is 9.88. The molecule has 0 spiro atoms. The molecular formula is C17H28FNO2. The molecule has 0 aliphatic rings. The Hall–Kier alpha value is -1.13. The quantitative estimate of drug-likeness (QED) is 0.756. The van der Waals surface area contributed by atoms with E-state index in [1.54, 1.807) is 19.2 Å². The molecule has 1 aromatic carbocycles. The van der Waals surface area contributed by atoms with Crippen LogP contribution in [-0.2, 0) is 11.2 Å². The Morgan fingerprint density at radius 1 is 1.29 bits per heavy atom. The number of hydrogen-bond donors (Lipinski definition) is 1. The normalized spacial score (nSPS) is 15.5. The third-order valence-corrected chi connectivity index (χ3v) is 4.20. The van der Waals surface area contributed by atoms with E-state index in [0.717, 1.165) is 31.4 Å². The second-order valence-corrected chi connectivity index (χ2v) is 5.55. The lowest BCUT2D eigenvalue weighted by Crippen LogP contribution is -2.51. The summed E-state index contributed by atoms with van der Waals surface area (Å²) in [6, 6.07) is 5.28. The molecule has 0 saturated heterocycles. The van der Waals surface area contributed by atoms with Crippen molar-refractivity contribution >= 4 is 0 Å². The van der Waals surface area contributed by atoms with Crippen LogP contribution < -0.4 is 10.1 Å². The van der Waals surface area contributed by atoms with E-state index in [-0.39, 0.29) is 23.2 Å². The molecular weight excluding hydrogens is 269 g/mol. The van der Waals surface area contributed by atoms with E-state index in [2.05, 4.69) is 26.1 Å². The van der Waals surface area contributed by atoms with Crippen molar-refractivity contribution in [3.05, 3.63) is 29.6 Å². The van der Waals surface area contributed by atoms with Crippen molar-refractivity contribution in [2.75, 3.05) is 20.8 Å². The summed E-state index contributed by atoms with van der Waals surface area (Å²) in [5.41, 5.74) is 0.671. The molecule has 0 saturated carbocycles. The van der Waals surface area contributed by atoms with Crippen LogP contribution in [0.5, 0.6) is 5.75 Å². The van der Waals surface area contributed by atoms with E-state index in [0.29, 0.717) is 0 Å².